The highest BCUT2D eigenvalue weighted by molar-refractivity contribution is 5.80. The van der Waals surface area contributed by atoms with Gasteiger partial charge in [0.2, 0.25) is 5.91 Å². The molecule has 2 aromatic carbocycles. The van der Waals surface area contributed by atoms with Crippen molar-refractivity contribution in [3.05, 3.63) is 53.6 Å². The molecule has 2 atom stereocenters. The summed E-state index contributed by atoms with van der Waals surface area (Å²) in [7, 11) is 3.32. The zero-order chi connectivity index (χ0) is 18.8. The molecule has 2 aliphatic rings. The third-order valence-electron chi connectivity index (χ3n) is 5.56. The van der Waals surface area contributed by atoms with Gasteiger partial charge in [-0.1, -0.05) is 18.2 Å². The zero-order valence-corrected chi connectivity index (χ0v) is 15.8. The molecule has 1 amide bonds. The number of rotatable bonds is 4. The second-order valence-electron chi connectivity index (χ2n) is 7.12. The summed E-state index contributed by atoms with van der Waals surface area (Å²) in [5.74, 6) is 2.49. The molecular weight excluding hydrogens is 342 g/mol. The van der Waals surface area contributed by atoms with Gasteiger partial charge in [0.25, 0.3) is 0 Å². The number of benzene rings is 2. The van der Waals surface area contributed by atoms with Crippen LogP contribution in [0, 0.1) is 5.92 Å². The number of carbonyl (C=O) groups is 1. The fourth-order valence-corrected chi connectivity index (χ4v) is 4.17. The lowest BCUT2D eigenvalue weighted by molar-refractivity contribution is -0.137. The second-order valence-corrected chi connectivity index (χ2v) is 7.12. The number of nitrogens with zero attached hydrogens (tertiary/aromatic N) is 1. The Labute approximate surface area is 159 Å². The Morgan fingerprint density at radius 2 is 2.00 bits per heavy atom. The maximum absolute atomic E-state index is 13.3. The predicted octanol–water partition coefficient (Wildman–Crippen LogP) is 3.62. The lowest BCUT2D eigenvalue weighted by Gasteiger charge is -2.32. The van der Waals surface area contributed by atoms with Gasteiger partial charge in [-0.05, 0) is 49.1 Å². The first-order valence-electron chi connectivity index (χ1n) is 9.44. The molecule has 0 N–H and O–H groups in total. The van der Waals surface area contributed by atoms with E-state index in [9.17, 15) is 4.79 Å². The highest BCUT2D eigenvalue weighted by atomic mass is 16.5. The molecule has 2 heterocycles. The Hall–Kier alpha value is -2.69. The number of fused-ring (bicyclic) bond motifs is 1. The van der Waals surface area contributed by atoms with Gasteiger partial charge in [-0.25, -0.2) is 0 Å². The van der Waals surface area contributed by atoms with Crippen LogP contribution in [0.5, 0.6) is 17.2 Å². The van der Waals surface area contributed by atoms with Gasteiger partial charge < -0.3 is 19.1 Å². The first-order valence-corrected chi connectivity index (χ1v) is 9.44. The fourth-order valence-electron chi connectivity index (χ4n) is 4.17. The van der Waals surface area contributed by atoms with Gasteiger partial charge >= 0.3 is 0 Å². The minimum absolute atomic E-state index is 0.0136. The molecule has 2 aromatic rings. The number of methoxy groups -OCH3 is 2. The van der Waals surface area contributed by atoms with Crippen molar-refractivity contribution >= 4 is 5.91 Å². The molecule has 2 unspecified atom stereocenters. The van der Waals surface area contributed by atoms with E-state index in [1.54, 1.807) is 14.2 Å². The van der Waals surface area contributed by atoms with Crippen LogP contribution in [0.1, 0.15) is 30.0 Å². The molecule has 1 saturated heterocycles. The fraction of sp³-hybridized carbons (Fsp3) is 0.409. The van der Waals surface area contributed by atoms with Crippen LogP contribution in [0.25, 0.3) is 0 Å². The lowest BCUT2D eigenvalue weighted by Crippen LogP contribution is -2.40. The van der Waals surface area contributed by atoms with Crippen LogP contribution in [0.4, 0.5) is 0 Å². The van der Waals surface area contributed by atoms with Crippen molar-refractivity contribution in [2.45, 2.75) is 25.3 Å². The summed E-state index contributed by atoms with van der Waals surface area (Å²) >= 11 is 0. The maximum atomic E-state index is 13.3. The van der Waals surface area contributed by atoms with E-state index in [4.69, 9.17) is 14.2 Å². The van der Waals surface area contributed by atoms with Crippen molar-refractivity contribution in [3.8, 4) is 17.2 Å². The molecule has 27 heavy (non-hydrogen) atoms. The molecule has 4 rings (SSSR count). The Bertz CT molecular complexity index is 835. The predicted molar refractivity (Wildman–Crippen MR) is 102 cm³/mol. The zero-order valence-electron chi connectivity index (χ0n) is 15.8. The van der Waals surface area contributed by atoms with Crippen LogP contribution in [0.15, 0.2) is 42.5 Å². The summed E-state index contributed by atoms with van der Waals surface area (Å²) in [6.07, 6.45) is 2.65. The van der Waals surface area contributed by atoms with Gasteiger partial charge in [0, 0.05) is 12.1 Å². The summed E-state index contributed by atoms with van der Waals surface area (Å²) in [4.78, 5) is 15.3. The summed E-state index contributed by atoms with van der Waals surface area (Å²) in [6, 6.07) is 13.8. The van der Waals surface area contributed by atoms with Crippen molar-refractivity contribution in [1.82, 2.24) is 4.90 Å². The number of hydrogen-bond acceptors (Lipinski definition) is 4. The van der Waals surface area contributed by atoms with Gasteiger partial charge in [-0.3, -0.25) is 4.79 Å². The number of ether oxygens (including phenoxy) is 3. The highest BCUT2D eigenvalue weighted by Gasteiger charge is 2.37. The van der Waals surface area contributed by atoms with E-state index < -0.39 is 0 Å². The van der Waals surface area contributed by atoms with E-state index in [-0.39, 0.29) is 17.9 Å². The van der Waals surface area contributed by atoms with Crippen molar-refractivity contribution in [2.75, 3.05) is 27.4 Å². The Morgan fingerprint density at radius 3 is 2.81 bits per heavy atom. The molecule has 0 spiro atoms. The molecule has 0 aromatic heterocycles. The van der Waals surface area contributed by atoms with Crippen molar-refractivity contribution in [3.63, 3.8) is 0 Å². The highest BCUT2D eigenvalue weighted by Crippen LogP contribution is 2.40. The minimum Gasteiger partial charge on any atom is -0.497 e. The maximum Gasteiger partial charge on any atom is 0.229 e. The van der Waals surface area contributed by atoms with Gasteiger partial charge in [0.05, 0.1) is 26.2 Å². The number of para-hydroxylation sites is 1. The molecule has 142 valence electrons. The smallest absolute Gasteiger partial charge is 0.229 e. The number of hydrogen-bond donors (Lipinski definition) is 0. The SMILES string of the molecule is COc1ccc(OC)c(C2CCCN2C(=O)C2COc3ccccc3C2)c1. The van der Waals surface area contributed by atoms with Crippen molar-refractivity contribution in [2.24, 2.45) is 5.92 Å². The standard InChI is InChI=1S/C22H25NO4/c1-25-17-9-10-21(26-2)18(13-17)19-7-5-11-23(19)22(24)16-12-15-6-3-4-8-20(15)27-14-16/h3-4,6,8-10,13,16,19H,5,7,11-12,14H2,1-2H3. The molecule has 2 aliphatic heterocycles. The Morgan fingerprint density at radius 1 is 1.15 bits per heavy atom. The topological polar surface area (TPSA) is 48.0 Å². The number of likely N-dealkylation sites (tertiary alicyclic amines) is 1. The molecule has 0 bridgehead atoms. The van der Waals surface area contributed by atoms with Crippen molar-refractivity contribution < 1.29 is 19.0 Å². The molecular formula is C22H25NO4. The molecule has 0 aliphatic carbocycles. The minimum atomic E-state index is -0.142. The van der Waals surface area contributed by atoms with E-state index in [1.165, 1.54) is 0 Å². The van der Waals surface area contributed by atoms with Gasteiger partial charge in [-0.15, -0.1) is 0 Å². The molecule has 1 fully saturated rings. The average molecular weight is 367 g/mol. The van der Waals surface area contributed by atoms with Gasteiger partial charge in [0.15, 0.2) is 0 Å². The normalized spacial score (nSPS) is 21.3. The number of carbonyl (C=O) groups excluding carboxylic acids is 1. The Kier molecular flexibility index (Phi) is 4.92. The van der Waals surface area contributed by atoms with Crippen LogP contribution in [-0.4, -0.2) is 38.2 Å². The third-order valence-corrected chi connectivity index (χ3v) is 5.56. The summed E-state index contributed by atoms with van der Waals surface area (Å²) < 4.78 is 16.8. The van der Waals surface area contributed by atoms with Crippen LogP contribution in [-0.2, 0) is 11.2 Å². The quantitative estimate of drug-likeness (QED) is 0.828. The average Bonchev–Trinajstić information content (AvgIpc) is 3.22. The lowest BCUT2D eigenvalue weighted by atomic mass is 9.94. The van der Waals surface area contributed by atoms with E-state index in [2.05, 4.69) is 0 Å². The summed E-state index contributed by atoms with van der Waals surface area (Å²) in [5, 5.41) is 0. The summed E-state index contributed by atoms with van der Waals surface area (Å²) in [5.41, 5.74) is 2.12. The van der Waals surface area contributed by atoms with E-state index in [0.717, 1.165) is 54.2 Å². The van der Waals surface area contributed by atoms with E-state index in [0.29, 0.717) is 6.61 Å². The van der Waals surface area contributed by atoms with Crippen molar-refractivity contribution in [1.29, 1.82) is 0 Å². The van der Waals surface area contributed by atoms with Gasteiger partial charge in [-0.2, -0.15) is 0 Å². The first-order chi connectivity index (χ1) is 13.2. The van der Waals surface area contributed by atoms with E-state index >= 15 is 0 Å². The second kappa shape index (κ2) is 7.51. The largest absolute Gasteiger partial charge is 0.497 e. The Balaban J connectivity index is 1.58. The first kappa shape index (κ1) is 17.7. The molecule has 5 nitrogen and oxygen atoms in total. The van der Waals surface area contributed by atoms with E-state index in [1.807, 2.05) is 47.4 Å². The van der Waals surface area contributed by atoms with Crippen LogP contribution in [0.3, 0.4) is 0 Å². The van der Waals surface area contributed by atoms with Crippen LogP contribution < -0.4 is 14.2 Å². The molecule has 0 saturated carbocycles. The monoisotopic (exact) mass is 367 g/mol. The number of amides is 1. The summed E-state index contributed by atoms with van der Waals surface area (Å²) in [6.45, 7) is 1.20. The molecule has 5 heteroatoms. The van der Waals surface area contributed by atoms with Crippen LogP contribution in [0.2, 0.25) is 0 Å². The van der Waals surface area contributed by atoms with Gasteiger partial charge in [0.1, 0.15) is 23.9 Å². The molecule has 0 radical (unpaired) electrons. The third kappa shape index (κ3) is 3.34. The van der Waals surface area contributed by atoms with Crippen LogP contribution >= 0.6 is 0 Å².